The number of esters is 2. The summed E-state index contributed by atoms with van der Waals surface area (Å²) in [4.78, 5) is 38.8. The lowest BCUT2D eigenvalue weighted by molar-refractivity contribution is 0.0490. The number of carbonyl (C=O) groups is 2. The zero-order valence-corrected chi connectivity index (χ0v) is 38.2. The van der Waals surface area contributed by atoms with Crippen molar-refractivity contribution < 1.29 is 31.4 Å². The highest BCUT2D eigenvalue weighted by atomic mass is 28.5. The van der Waals surface area contributed by atoms with E-state index in [0.29, 0.717) is 60.1 Å². The Kier molecular flexibility index (Phi) is 30.5. The van der Waals surface area contributed by atoms with Gasteiger partial charge in [-0.15, -0.1) is 0 Å². The molecule has 2 aromatic carbocycles. The number of rotatable bonds is 23. The smallest absolute Gasteiger partial charge is 0.338 e. The van der Waals surface area contributed by atoms with Gasteiger partial charge in [0.25, 0.3) is 0 Å². The highest BCUT2D eigenvalue weighted by molar-refractivity contribution is 6.89. The molecule has 0 fully saturated rings. The zero-order chi connectivity index (χ0) is 40.0. The van der Waals surface area contributed by atoms with Crippen molar-refractivity contribution in [3.8, 4) is 0 Å². The molecule has 13 nitrogen and oxygen atoms in total. The Morgan fingerprint density at radius 2 is 0.917 bits per heavy atom. The molecule has 0 saturated heterocycles. The van der Waals surface area contributed by atoms with E-state index in [2.05, 4.69) is 89.8 Å². The van der Waals surface area contributed by atoms with Gasteiger partial charge >= 0.3 is 29.1 Å². The molecule has 0 aliphatic rings. The fourth-order valence-corrected chi connectivity index (χ4v) is 23.6. The van der Waals surface area contributed by atoms with Crippen molar-refractivity contribution >= 4 is 74.9 Å². The molecule has 17 heteroatoms. The van der Waals surface area contributed by atoms with Gasteiger partial charge < -0.3 is 37.8 Å². The molecule has 0 saturated carbocycles. The first-order valence-electron chi connectivity index (χ1n) is 19.0. The van der Waals surface area contributed by atoms with Crippen molar-refractivity contribution in [3.05, 3.63) is 59.7 Å². The summed E-state index contributed by atoms with van der Waals surface area (Å²) in [5.41, 5.74) is 2.30. The van der Waals surface area contributed by atoms with Crippen LogP contribution in [0.15, 0.2) is 48.5 Å². The maximum absolute atomic E-state index is 12.4. The van der Waals surface area contributed by atoms with Crippen LogP contribution in [0.1, 0.15) is 111 Å². The molecule has 3 N–H and O–H groups in total. The van der Waals surface area contributed by atoms with Crippen LogP contribution in [0.4, 0.5) is 29.2 Å². The molecule has 346 valence electrons. The van der Waals surface area contributed by atoms with Crippen molar-refractivity contribution in [2.24, 2.45) is 0 Å². The van der Waals surface area contributed by atoms with Gasteiger partial charge in [0.05, 0.1) is 24.3 Å². The minimum Gasteiger partial charge on any atom is -0.462 e. The van der Waals surface area contributed by atoms with Gasteiger partial charge in [-0.1, -0.05) is 71.2 Å². The van der Waals surface area contributed by atoms with E-state index in [-0.39, 0.29) is 56.5 Å². The predicted octanol–water partition coefficient (Wildman–Crippen LogP) is 13.4. The van der Waals surface area contributed by atoms with E-state index < -0.39 is 33.8 Å². The number of ether oxygens (including phenoxy) is 2. The fraction of sp³-hybridized carbons (Fsp3) is 0.605. The molecule has 0 aliphatic carbocycles. The maximum atomic E-state index is 12.4. The van der Waals surface area contributed by atoms with Crippen molar-refractivity contribution in [3.63, 3.8) is 0 Å². The minimum absolute atomic E-state index is 0. The Morgan fingerprint density at radius 1 is 0.533 bits per heavy atom. The molecule has 0 bridgehead atoms. The Labute approximate surface area is 370 Å². The summed E-state index contributed by atoms with van der Waals surface area (Å²) in [7, 11) is -8.72. The number of aromatic nitrogens is 3. The first-order valence-corrected chi connectivity index (χ1v) is 31.1. The van der Waals surface area contributed by atoms with Gasteiger partial charge in [0.1, 0.15) is 0 Å². The monoisotopic (exact) mass is 911 g/mol. The van der Waals surface area contributed by atoms with Crippen LogP contribution in [-0.2, 0) is 21.8 Å². The molecule has 3 rings (SSSR count). The summed E-state index contributed by atoms with van der Waals surface area (Å²) in [6.45, 7) is 25.0. The number of hydrogen-bond donors (Lipinski definition) is 3. The Bertz CT molecular complexity index is 1560. The molecule has 1 heterocycles. The molecule has 3 aromatic rings. The third-order valence-electron chi connectivity index (χ3n) is 7.48. The van der Waals surface area contributed by atoms with Gasteiger partial charge in [-0.2, -0.15) is 15.0 Å². The molecule has 60 heavy (non-hydrogen) atoms. The van der Waals surface area contributed by atoms with Crippen LogP contribution < -0.4 is 16.0 Å². The zero-order valence-electron chi connectivity index (χ0n) is 34.2. The van der Waals surface area contributed by atoms with E-state index in [1.165, 1.54) is 0 Å². The number of anilines is 5. The van der Waals surface area contributed by atoms with Gasteiger partial charge in [0.15, 0.2) is 16.6 Å². The van der Waals surface area contributed by atoms with E-state index in [1.54, 1.807) is 48.5 Å². The van der Waals surface area contributed by atoms with Crippen LogP contribution in [0.25, 0.3) is 0 Å². The van der Waals surface area contributed by atoms with E-state index in [0.717, 1.165) is 38.1 Å². The Morgan fingerprint density at radius 3 is 1.28 bits per heavy atom. The Balaban J connectivity index is -0.00000261. The molecule has 1 unspecified atom stereocenters. The van der Waals surface area contributed by atoms with Crippen LogP contribution in [0.3, 0.4) is 0 Å². The fourth-order valence-electron chi connectivity index (χ4n) is 5.65. The average Bonchev–Trinajstić information content (AvgIpc) is 3.05. The summed E-state index contributed by atoms with van der Waals surface area (Å²) < 4.78 is 30.8. The summed E-state index contributed by atoms with van der Waals surface area (Å²) in [5.74, 6) is 0.246. The summed E-state index contributed by atoms with van der Waals surface area (Å²) >= 11 is 0. The van der Waals surface area contributed by atoms with Gasteiger partial charge in [-0.25, -0.2) is 9.59 Å². The Hall–Kier alpha value is -3.46. The van der Waals surface area contributed by atoms with E-state index in [9.17, 15) is 9.59 Å². The van der Waals surface area contributed by atoms with Crippen LogP contribution >= 0.6 is 0 Å². The van der Waals surface area contributed by atoms with Gasteiger partial charge in [0.2, 0.25) is 17.8 Å². The van der Waals surface area contributed by atoms with Crippen molar-refractivity contribution in [2.45, 2.75) is 155 Å². The van der Waals surface area contributed by atoms with E-state index in [4.69, 9.17) is 21.8 Å². The van der Waals surface area contributed by atoms with Crippen LogP contribution in [0.2, 0.25) is 65.0 Å². The standard InChI is InChI=1S/C37H62N6O7Si4.6CH4/c1-12-14-26-46-33(44)29-17-21-31(22-18-29)39-36-41-35(42-37(43-36)40-32-23-19-30(20-24-32)34(45)47-27-15-13-2)38-25-16-28-54(11,49-52(6,7)8)50-53(9,10)48-51(3,4)5;;;;;;/h17-24H,12-16,25-28H2,1-11H3,(H3,38,39,40,41,42,43);6*1H4. The lowest BCUT2D eigenvalue weighted by atomic mass is 10.2. The lowest BCUT2D eigenvalue weighted by Gasteiger charge is -2.41. The van der Waals surface area contributed by atoms with Gasteiger partial charge in [-0.3, -0.25) is 0 Å². The average molecular weight is 912 g/mol. The molecule has 0 radical (unpaired) electrons. The highest BCUT2D eigenvalue weighted by Crippen LogP contribution is 2.28. The highest BCUT2D eigenvalue weighted by Gasteiger charge is 2.44. The van der Waals surface area contributed by atoms with E-state index >= 15 is 0 Å². The number of unbranched alkanes of at least 4 members (excludes halogenated alkanes) is 2. The largest absolute Gasteiger partial charge is 0.462 e. The molecule has 0 aliphatic heterocycles. The van der Waals surface area contributed by atoms with E-state index in [1.807, 2.05) is 13.8 Å². The molecular formula is C43H86N6O7Si4. The van der Waals surface area contributed by atoms with Crippen LogP contribution in [0.5, 0.6) is 0 Å². The molecule has 0 spiro atoms. The SMILES string of the molecule is C.C.C.C.C.C.CCCCOC(=O)c1ccc(Nc2nc(NCCC[Si](C)(O[Si](C)(C)C)O[Si](C)(C)O[Si](C)(C)C)nc(Nc3ccc(C(=O)OCCCC)cc3)n2)cc1. The topological polar surface area (TPSA) is 155 Å². The first kappa shape index (κ1) is 63.2. The molecule has 1 atom stereocenters. The predicted molar refractivity (Wildman–Crippen MR) is 267 cm³/mol. The number of hydrogen-bond acceptors (Lipinski definition) is 13. The van der Waals surface area contributed by atoms with Gasteiger partial charge in [0, 0.05) is 17.9 Å². The van der Waals surface area contributed by atoms with Crippen LogP contribution in [-0.4, -0.2) is 80.4 Å². The number of benzene rings is 2. The van der Waals surface area contributed by atoms with Gasteiger partial charge in [-0.05, 0) is 133 Å². The third-order valence-corrected chi connectivity index (χ3v) is 21.0. The summed E-state index contributed by atoms with van der Waals surface area (Å²) in [6.07, 6.45) is 4.31. The van der Waals surface area contributed by atoms with Crippen molar-refractivity contribution in [1.82, 2.24) is 15.0 Å². The molecular weight excluding hydrogens is 825 g/mol. The number of carbonyl (C=O) groups excluding carboxylic acids is 2. The maximum Gasteiger partial charge on any atom is 0.338 e. The normalized spacial score (nSPS) is 11.8. The second kappa shape index (κ2) is 29.0. The molecule has 0 amide bonds. The van der Waals surface area contributed by atoms with Crippen LogP contribution in [0, 0.1) is 0 Å². The minimum atomic E-state index is -2.59. The lowest BCUT2D eigenvalue weighted by Crippen LogP contribution is -2.56. The summed E-state index contributed by atoms with van der Waals surface area (Å²) in [6, 6.07) is 14.7. The third kappa shape index (κ3) is 24.1. The summed E-state index contributed by atoms with van der Waals surface area (Å²) in [5, 5.41) is 9.84. The number of nitrogens with one attached hydrogen (secondary N) is 3. The first-order chi connectivity index (χ1) is 25.3. The van der Waals surface area contributed by atoms with Crippen molar-refractivity contribution in [2.75, 3.05) is 35.7 Å². The second-order valence-electron chi connectivity index (χ2n) is 15.8. The quantitative estimate of drug-likeness (QED) is 0.0470. The molecule has 1 aromatic heterocycles. The van der Waals surface area contributed by atoms with Crippen molar-refractivity contribution in [1.29, 1.82) is 0 Å². The second-order valence-corrected chi connectivity index (χ2v) is 32.3. The number of nitrogens with zero attached hydrogens (tertiary/aromatic N) is 3.